The van der Waals surface area contributed by atoms with Gasteiger partial charge < -0.3 is 5.11 Å². The minimum absolute atomic E-state index is 0.202. The molecule has 0 aromatic carbocycles. The van der Waals surface area contributed by atoms with Crippen LogP contribution >= 0.6 is 11.6 Å². The fourth-order valence-electron chi connectivity index (χ4n) is 2.02. The number of rotatable bonds is 5. The Morgan fingerprint density at radius 2 is 2.25 bits per heavy atom. The Bertz CT molecular complexity index is 374. The van der Waals surface area contributed by atoms with Crippen LogP contribution in [0.3, 0.4) is 0 Å². The van der Waals surface area contributed by atoms with Gasteiger partial charge in [0.1, 0.15) is 5.15 Å². The number of hydrogen-bond donors (Lipinski definition) is 1. The van der Waals surface area contributed by atoms with Crippen LogP contribution in [0.5, 0.6) is 0 Å². The van der Waals surface area contributed by atoms with Crippen molar-refractivity contribution in [2.45, 2.75) is 32.4 Å². The van der Waals surface area contributed by atoms with E-state index < -0.39 is 0 Å². The van der Waals surface area contributed by atoms with Gasteiger partial charge in [0.2, 0.25) is 0 Å². The van der Waals surface area contributed by atoms with Gasteiger partial charge >= 0.3 is 0 Å². The van der Waals surface area contributed by atoms with Crippen LogP contribution in [-0.2, 0) is 13.6 Å². The number of hydrogen-bond acceptors (Lipinski definition) is 3. The van der Waals surface area contributed by atoms with Crippen LogP contribution in [0.4, 0.5) is 0 Å². The predicted octanol–water partition coefficient (Wildman–Crippen LogP) is 1.34. The van der Waals surface area contributed by atoms with Gasteiger partial charge in [-0.1, -0.05) is 11.6 Å². The highest BCUT2D eigenvalue weighted by molar-refractivity contribution is 6.30. The number of aryl methyl sites for hydroxylation is 2. The van der Waals surface area contributed by atoms with Gasteiger partial charge in [0.25, 0.3) is 0 Å². The summed E-state index contributed by atoms with van der Waals surface area (Å²) in [6.45, 7) is 3.69. The highest BCUT2D eigenvalue weighted by Gasteiger charge is 2.29. The van der Waals surface area contributed by atoms with Crippen LogP contribution in [0.1, 0.15) is 24.1 Å². The van der Waals surface area contributed by atoms with E-state index in [0.717, 1.165) is 24.3 Å². The molecule has 1 heterocycles. The summed E-state index contributed by atoms with van der Waals surface area (Å²) in [5.74, 6) is 0. The lowest BCUT2D eigenvalue weighted by atomic mass is 10.2. The molecule has 1 aliphatic carbocycles. The highest BCUT2D eigenvalue weighted by Crippen LogP contribution is 2.30. The SMILES string of the molecule is Cc1nn(C)c(Cl)c1CN(CCO)C1CC1. The van der Waals surface area contributed by atoms with Crippen molar-refractivity contribution in [1.29, 1.82) is 0 Å². The molecule has 0 unspecified atom stereocenters. The summed E-state index contributed by atoms with van der Waals surface area (Å²) in [4.78, 5) is 2.29. The first kappa shape index (κ1) is 11.9. The summed E-state index contributed by atoms with van der Waals surface area (Å²) < 4.78 is 1.70. The van der Waals surface area contributed by atoms with E-state index in [-0.39, 0.29) is 6.61 Å². The van der Waals surface area contributed by atoms with E-state index in [1.54, 1.807) is 4.68 Å². The molecule has 1 saturated carbocycles. The maximum Gasteiger partial charge on any atom is 0.131 e. The van der Waals surface area contributed by atoms with Gasteiger partial charge in [-0.3, -0.25) is 9.58 Å². The summed E-state index contributed by atoms with van der Waals surface area (Å²) in [5, 5.41) is 14.0. The molecule has 0 amide bonds. The van der Waals surface area contributed by atoms with E-state index >= 15 is 0 Å². The summed E-state index contributed by atoms with van der Waals surface area (Å²) in [5.41, 5.74) is 2.07. The molecular weight excluding hydrogens is 226 g/mol. The van der Waals surface area contributed by atoms with Crippen LogP contribution < -0.4 is 0 Å². The van der Waals surface area contributed by atoms with E-state index in [0.29, 0.717) is 11.2 Å². The minimum Gasteiger partial charge on any atom is -0.395 e. The summed E-state index contributed by atoms with van der Waals surface area (Å²) in [7, 11) is 1.85. The molecular formula is C11H18ClN3O. The molecule has 0 radical (unpaired) electrons. The van der Waals surface area contributed by atoms with Gasteiger partial charge in [-0.15, -0.1) is 0 Å². The predicted molar refractivity (Wildman–Crippen MR) is 63.5 cm³/mol. The third-order valence-corrected chi connectivity index (χ3v) is 3.55. The quantitative estimate of drug-likeness (QED) is 0.849. The molecule has 1 aliphatic rings. The Balaban J connectivity index is 2.11. The van der Waals surface area contributed by atoms with Crippen molar-refractivity contribution < 1.29 is 5.11 Å². The molecule has 1 aromatic heterocycles. The molecule has 4 nitrogen and oxygen atoms in total. The topological polar surface area (TPSA) is 41.3 Å². The lowest BCUT2D eigenvalue weighted by molar-refractivity contribution is 0.183. The Hall–Kier alpha value is -0.580. The fraction of sp³-hybridized carbons (Fsp3) is 0.727. The second-order valence-corrected chi connectivity index (χ2v) is 4.76. The van der Waals surface area contributed by atoms with Gasteiger partial charge in [-0.2, -0.15) is 5.10 Å². The van der Waals surface area contributed by atoms with Crippen molar-refractivity contribution in [3.63, 3.8) is 0 Å². The third kappa shape index (κ3) is 2.39. The van der Waals surface area contributed by atoms with Gasteiger partial charge in [0.05, 0.1) is 12.3 Å². The molecule has 1 fully saturated rings. The zero-order valence-corrected chi connectivity index (χ0v) is 10.5. The van der Waals surface area contributed by atoms with Crippen molar-refractivity contribution in [3.8, 4) is 0 Å². The summed E-state index contributed by atoms with van der Waals surface area (Å²) in [6.07, 6.45) is 2.47. The number of aliphatic hydroxyl groups excluding tert-OH is 1. The van der Waals surface area contributed by atoms with E-state index in [2.05, 4.69) is 10.00 Å². The number of halogens is 1. The molecule has 0 bridgehead atoms. The van der Waals surface area contributed by atoms with Crippen LogP contribution in [-0.4, -0.2) is 39.0 Å². The minimum atomic E-state index is 0.202. The smallest absolute Gasteiger partial charge is 0.131 e. The average molecular weight is 244 g/mol. The van der Waals surface area contributed by atoms with Crippen LogP contribution in [0.2, 0.25) is 5.15 Å². The largest absolute Gasteiger partial charge is 0.395 e. The molecule has 16 heavy (non-hydrogen) atoms. The highest BCUT2D eigenvalue weighted by atomic mass is 35.5. The van der Waals surface area contributed by atoms with Crippen molar-refractivity contribution in [3.05, 3.63) is 16.4 Å². The molecule has 2 rings (SSSR count). The zero-order valence-electron chi connectivity index (χ0n) is 9.78. The first-order chi connectivity index (χ1) is 7.63. The Morgan fingerprint density at radius 1 is 1.56 bits per heavy atom. The third-order valence-electron chi connectivity index (χ3n) is 3.08. The Morgan fingerprint density at radius 3 is 2.69 bits per heavy atom. The van der Waals surface area contributed by atoms with Crippen LogP contribution in [0.25, 0.3) is 0 Å². The van der Waals surface area contributed by atoms with Gasteiger partial charge in [-0.05, 0) is 19.8 Å². The molecule has 0 aliphatic heterocycles. The maximum atomic E-state index is 9.04. The summed E-state index contributed by atoms with van der Waals surface area (Å²) in [6, 6.07) is 0.628. The Kier molecular flexibility index (Phi) is 3.52. The van der Waals surface area contributed by atoms with Gasteiger partial charge in [0.15, 0.2) is 0 Å². The first-order valence-electron chi connectivity index (χ1n) is 5.66. The number of nitrogens with zero attached hydrogens (tertiary/aromatic N) is 3. The van der Waals surface area contributed by atoms with Crippen molar-refractivity contribution >= 4 is 11.6 Å². The fourth-order valence-corrected chi connectivity index (χ4v) is 2.25. The van der Waals surface area contributed by atoms with E-state index in [4.69, 9.17) is 16.7 Å². The van der Waals surface area contributed by atoms with E-state index in [1.807, 2.05) is 14.0 Å². The van der Waals surface area contributed by atoms with Crippen molar-refractivity contribution in [2.75, 3.05) is 13.2 Å². The van der Waals surface area contributed by atoms with E-state index in [9.17, 15) is 0 Å². The molecule has 0 atom stereocenters. The molecule has 0 spiro atoms. The lowest BCUT2D eigenvalue weighted by Gasteiger charge is -2.20. The second kappa shape index (κ2) is 4.73. The van der Waals surface area contributed by atoms with Gasteiger partial charge in [0, 0.05) is 31.7 Å². The molecule has 90 valence electrons. The average Bonchev–Trinajstić information content (AvgIpc) is 3.03. The second-order valence-electron chi connectivity index (χ2n) is 4.40. The Labute approximate surface area is 101 Å². The molecule has 1 aromatic rings. The van der Waals surface area contributed by atoms with Gasteiger partial charge in [-0.25, -0.2) is 0 Å². The standard InChI is InChI=1S/C11H18ClN3O/c1-8-10(11(12)14(2)13-8)7-15(5-6-16)9-3-4-9/h9,16H,3-7H2,1-2H3. The maximum absolute atomic E-state index is 9.04. The summed E-state index contributed by atoms with van der Waals surface area (Å²) >= 11 is 6.19. The number of aromatic nitrogens is 2. The van der Waals surface area contributed by atoms with Crippen molar-refractivity contribution in [2.24, 2.45) is 7.05 Å². The van der Waals surface area contributed by atoms with E-state index in [1.165, 1.54) is 12.8 Å². The molecule has 1 N–H and O–H groups in total. The molecule has 5 heteroatoms. The van der Waals surface area contributed by atoms with Crippen LogP contribution in [0, 0.1) is 6.92 Å². The number of aliphatic hydroxyl groups is 1. The first-order valence-corrected chi connectivity index (χ1v) is 6.04. The van der Waals surface area contributed by atoms with Crippen molar-refractivity contribution in [1.82, 2.24) is 14.7 Å². The normalized spacial score (nSPS) is 16.1. The monoisotopic (exact) mass is 243 g/mol. The zero-order chi connectivity index (χ0) is 11.7. The van der Waals surface area contributed by atoms with Crippen LogP contribution in [0.15, 0.2) is 0 Å². The lowest BCUT2D eigenvalue weighted by Crippen LogP contribution is -2.28. The molecule has 0 saturated heterocycles.